The lowest BCUT2D eigenvalue weighted by molar-refractivity contribution is -0.137. The predicted molar refractivity (Wildman–Crippen MR) is 128 cm³/mol. The largest absolute Gasteiger partial charge is 0.417 e. The summed E-state index contributed by atoms with van der Waals surface area (Å²) in [5.74, 6) is -0.737. The van der Waals surface area contributed by atoms with Gasteiger partial charge < -0.3 is 5.32 Å². The van der Waals surface area contributed by atoms with Crippen molar-refractivity contribution in [2.75, 3.05) is 11.1 Å². The maximum Gasteiger partial charge on any atom is 0.417 e. The van der Waals surface area contributed by atoms with E-state index in [4.69, 9.17) is 11.6 Å². The molecule has 1 N–H and O–H groups in total. The fraction of sp³-hybridized carbons (Fsp3) is 0.125. The molecule has 10 heteroatoms. The van der Waals surface area contributed by atoms with Crippen molar-refractivity contribution in [2.24, 2.45) is 0 Å². The Kier molecular flexibility index (Phi) is 6.67. The fourth-order valence-electron chi connectivity index (χ4n) is 3.28. The molecule has 4 aromatic rings. The van der Waals surface area contributed by atoms with Gasteiger partial charge in [-0.25, -0.2) is 4.98 Å². The van der Waals surface area contributed by atoms with E-state index in [-0.39, 0.29) is 22.2 Å². The van der Waals surface area contributed by atoms with E-state index < -0.39 is 22.7 Å². The van der Waals surface area contributed by atoms with E-state index in [1.165, 1.54) is 10.6 Å². The van der Waals surface area contributed by atoms with Crippen molar-refractivity contribution in [3.63, 3.8) is 0 Å². The molecular weight excluding hydrogens is 487 g/mol. The number of nitrogens with zero attached hydrogens (tertiary/aromatic N) is 2. The zero-order chi connectivity index (χ0) is 24.5. The molecule has 0 spiro atoms. The maximum atomic E-state index is 13.2. The van der Waals surface area contributed by atoms with Gasteiger partial charge >= 0.3 is 6.18 Å². The van der Waals surface area contributed by atoms with Crippen LogP contribution in [0, 0.1) is 6.92 Å². The van der Waals surface area contributed by atoms with E-state index in [0.29, 0.717) is 16.6 Å². The van der Waals surface area contributed by atoms with Gasteiger partial charge in [0.1, 0.15) is 0 Å². The summed E-state index contributed by atoms with van der Waals surface area (Å²) in [5, 5.41) is 2.70. The molecule has 0 saturated heterocycles. The van der Waals surface area contributed by atoms with Gasteiger partial charge in [-0.15, -0.1) is 0 Å². The molecule has 5 nitrogen and oxygen atoms in total. The lowest BCUT2D eigenvalue weighted by Gasteiger charge is -2.14. The Morgan fingerprint density at radius 2 is 1.79 bits per heavy atom. The first-order valence-corrected chi connectivity index (χ1v) is 11.4. The van der Waals surface area contributed by atoms with Crippen LogP contribution in [0.15, 0.2) is 76.7 Å². The Bertz CT molecular complexity index is 1440. The number of amides is 1. The average molecular weight is 504 g/mol. The van der Waals surface area contributed by atoms with Crippen LogP contribution in [-0.2, 0) is 11.0 Å². The molecule has 0 aliphatic heterocycles. The highest BCUT2D eigenvalue weighted by Gasteiger charge is 2.33. The second-order valence-corrected chi connectivity index (χ2v) is 8.77. The van der Waals surface area contributed by atoms with Crippen LogP contribution in [0.2, 0.25) is 5.02 Å². The molecule has 0 bridgehead atoms. The third-order valence-electron chi connectivity index (χ3n) is 4.92. The Labute approximate surface area is 201 Å². The van der Waals surface area contributed by atoms with Crippen LogP contribution in [0.5, 0.6) is 0 Å². The fourth-order valence-corrected chi connectivity index (χ4v) is 4.32. The van der Waals surface area contributed by atoms with Gasteiger partial charge in [0.05, 0.1) is 32.9 Å². The number of hydrogen-bond acceptors (Lipinski definition) is 4. The molecule has 0 saturated carbocycles. The maximum absolute atomic E-state index is 13.2. The van der Waals surface area contributed by atoms with E-state index in [1.54, 1.807) is 36.4 Å². The molecular formula is C24H17ClF3N3O2S. The van der Waals surface area contributed by atoms with E-state index in [2.05, 4.69) is 10.3 Å². The van der Waals surface area contributed by atoms with Crippen LogP contribution in [0.25, 0.3) is 16.6 Å². The SMILES string of the molecule is Cc1ccc(-n2c(SCC(=O)Nc3ccc(Cl)c(C(F)(F)F)c3)nc3ccccc3c2=O)cc1. The molecule has 3 aromatic carbocycles. The Hall–Kier alpha value is -3.30. The zero-order valence-corrected chi connectivity index (χ0v) is 19.3. The van der Waals surface area contributed by atoms with Gasteiger partial charge in [0.2, 0.25) is 5.91 Å². The van der Waals surface area contributed by atoms with Gasteiger partial charge in [-0.3, -0.25) is 14.2 Å². The third kappa shape index (κ3) is 5.10. The number of rotatable bonds is 5. The number of benzene rings is 3. The number of anilines is 1. The summed E-state index contributed by atoms with van der Waals surface area (Å²) in [6, 6.07) is 17.3. The number of aryl methyl sites for hydroxylation is 1. The molecule has 0 aliphatic carbocycles. The van der Waals surface area contributed by atoms with Crippen LogP contribution >= 0.6 is 23.4 Å². The van der Waals surface area contributed by atoms with E-state index in [9.17, 15) is 22.8 Å². The molecule has 0 unspecified atom stereocenters. The van der Waals surface area contributed by atoms with E-state index >= 15 is 0 Å². The summed E-state index contributed by atoms with van der Waals surface area (Å²) in [6.07, 6.45) is -4.65. The standard InChI is InChI=1S/C24H17ClF3N3O2S/c1-14-6-9-16(10-7-14)31-22(33)17-4-2-3-5-20(17)30-23(31)34-13-21(32)29-15-8-11-19(25)18(12-15)24(26,27)28/h2-12H,13H2,1H3,(H,29,32). The second kappa shape index (κ2) is 9.52. The van der Waals surface area contributed by atoms with Crippen LogP contribution in [0.3, 0.4) is 0 Å². The van der Waals surface area contributed by atoms with Crippen LogP contribution in [0.4, 0.5) is 18.9 Å². The first kappa shape index (κ1) is 23.8. The summed E-state index contributed by atoms with van der Waals surface area (Å²) in [5.41, 5.74) is 0.717. The molecule has 1 aromatic heterocycles. The van der Waals surface area contributed by atoms with Crippen molar-refractivity contribution in [3.8, 4) is 5.69 Å². The number of hydrogen-bond donors (Lipinski definition) is 1. The van der Waals surface area contributed by atoms with Gasteiger partial charge in [-0.2, -0.15) is 13.2 Å². The van der Waals surface area contributed by atoms with Gasteiger partial charge in [-0.05, 0) is 49.4 Å². The summed E-state index contributed by atoms with van der Waals surface area (Å²) < 4.78 is 40.7. The van der Waals surface area contributed by atoms with Gasteiger partial charge in [0.15, 0.2) is 5.16 Å². The van der Waals surface area contributed by atoms with Gasteiger partial charge in [-0.1, -0.05) is 53.2 Å². The second-order valence-electron chi connectivity index (χ2n) is 7.42. The number of fused-ring (bicyclic) bond motifs is 1. The van der Waals surface area contributed by atoms with Crippen LogP contribution in [-0.4, -0.2) is 21.2 Å². The molecule has 0 aliphatic rings. The van der Waals surface area contributed by atoms with Gasteiger partial charge in [0, 0.05) is 5.69 Å². The Morgan fingerprint density at radius 3 is 2.50 bits per heavy atom. The summed E-state index contributed by atoms with van der Waals surface area (Å²) in [7, 11) is 0. The van der Waals surface area contributed by atoms with Crippen molar-refractivity contribution in [2.45, 2.75) is 18.3 Å². The Balaban J connectivity index is 1.62. The lowest BCUT2D eigenvalue weighted by Crippen LogP contribution is -2.23. The highest BCUT2D eigenvalue weighted by molar-refractivity contribution is 7.99. The number of carbonyl (C=O) groups excluding carboxylic acids is 1. The van der Waals surface area contributed by atoms with Crippen molar-refractivity contribution in [1.82, 2.24) is 9.55 Å². The number of thioether (sulfide) groups is 1. The number of para-hydroxylation sites is 1. The van der Waals surface area contributed by atoms with Crippen LogP contribution in [0.1, 0.15) is 11.1 Å². The molecule has 0 atom stereocenters. The van der Waals surface area contributed by atoms with Crippen molar-refractivity contribution < 1.29 is 18.0 Å². The minimum absolute atomic E-state index is 0.0373. The van der Waals surface area contributed by atoms with Crippen molar-refractivity contribution in [3.05, 3.63) is 93.2 Å². The normalized spacial score (nSPS) is 11.6. The number of alkyl halides is 3. The molecule has 1 amide bonds. The molecule has 174 valence electrons. The summed E-state index contributed by atoms with van der Waals surface area (Å²) in [6.45, 7) is 1.92. The molecule has 34 heavy (non-hydrogen) atoms. The number of carbonyl (C=O) groups is 1. The molecule has 4 rings (SSSR count). The Morgan fingerprint density at radius 1 is 1.09 bits per heavy atom. The zero-order valence-electron chi connectivity index (χ0n) is 17.7. The summed E-state index contributed by atoms with van der Waals surface area (Å²) >= 11 is 6.64. The first-order chi connectivity index (χ1) is 16.1. The molecule has 0 fully saturated rings. The summed E-state index contributed by atoms with van der Waals surface area (Å²) in [4.78, 5) is 30.3. The minimum atomic E-state index is -4.65. The number of nitrogens with one attached hydrogen (secondary N) is 1. The quantitative estimate of drug-likeness (QED) is 0.264. The third-order valence-corrected chi connectivity index (χ3v) is 6.19. The smallest absolute Gasteiger partial charge is 0.325 e. The van der Waals surface area contributed by atoms with Crippen LogP contribution < -0.4 is 10.9 Å². The monoisotopic (exact) mass is 503 g/mol. The van der Waals surface area contributed by atoms with Crippen molar-refractivity contribution >= 4 is 45.9 Å². The van der Waals surface area contributed by atoms with Crippen molar-refractivity contribution in [1.29, 1.82) is 0 Å². The topological polar surface area (TPSA) is 64.0 Å². The average Bonchev–Trinajstić information content (AvgIpc) is 2.79. The minimum Gasteiger partial charge on any atom is -0.325 e. The highest BCUT2D eigenvalue weighted by atomic mass is 35.5. The number of halogens is 4. The lowest BCUT2D eigenvalue weighted by atomic mass is 10.2. The first-order valence-electron chi connectivity index (χ1n) is 10.0. The van der Waals surface area contributed by atoms with E-state index in [0.717, 1.165) is 29.5 Å². The molecule has 1 heterocycles. The molecule has 0 radical (unpaired) electrons. The highest BCUT2D eigenvalue weighted by Crippen LogP contribution is 2.36. The predicted octanol–water partition coefficient (Wildman–Crippen LogP) is 6.10. The van der Waals surface area contributed by atoms with Gasteiger partial charge in [0.25, 0.3) is 5.56 Å². The number of aromatic nitrogens is 2. The van der Waals surface area contributed by atoms with E-state index in [1.807, 2.05) is 19.1 Å².